The third kappa shape index (κ3) is 3.20. The van der Waals surface area contributed by atoms with Gasteiger partial charge in [0, 0.05) is 12.1 Å². The molecule has 7 heteroatoms. The van der Waals surface area contributed by atoms with E-state index in [9.17, 15) is 23.3 Å². The van der Waals surface area contributed by atoms with Crippen LogP contribution in [0.5, 0.6) is 0 Å². The first-order valence-electron chi connectivity index (χ1n) is 4.36. The minimum absolute atomic E-state index is 0.163. The summed E-state index contributed by atoms with van der Waals surface area (Å²) in [6, 6.07) is 2.89. The summed E-state index contributed by atoms with van der Waals surface area (Å²) >= 11 is 0. The summed E-state index contributed by atoms with van der Waals surface area (Å²) in [7, 11) is 0. The predicted molar refractivity (Wildman–Crippen MR) is 50.8 cm³/mol. The van der Waals surface area contributed by atoms with Crippen LogP contribution in [-0.4, -0.2) is 17.1 Å². The van der Waals surface area contributed by atoms with Crippen LogP contribution in [0, 0.1) is 10.1 Å². The number of nitrogens with zero attached hydrogens (tertiary/aromatic N) is 1. The lowest BCUT2D eigenvalue weighted by Crippen LogP contribution is -2.39. The molecule has 0 saturated carbocycles. The number of hydrogen-bond donors (Lipinski definition) is 1. The fourth-order valence-electron chi connectivity index (χ4n) is 1.12. The lowest BCUT2D eigenvalue weighted by Gasteiger charge is -2.15. The summed E-state index contributed by atoms with van der Waals surface area (Å²) in [6.07, 6.45) is -4.84. The summed E-state index contributed by atoms with van der Waals surface area (Å²) in [4.78, 5) is 9.68. The van der Waals surface area contributed by atoms with Crippen molar-refractivity contribution in [3.05, 3.63) is 39.9 Å². The van der Waals surface area contributed by atoms with Gasteiger partial charge in [-0.05, 0) is 12.0 Å². The van der Waals surface area contributed by atoms with E-state index in [1.165, 1.54) is 12.1 Å². The average Bonchev–Trinajstić information content (AvgIpc) is 2.17. The summed E-state index contributed by atoms with van der Waals surface area (Å²) in [6.45, 7) is 0. The second-order valence-electron chi connectivity index (χ2n) is 3.28. The van der Waals surface area contributed by atoms with Crippen molar-refractivity contribution in [3.63, 3.8) is 0 Å². The highest BCUT2D eigenvalue weighted by Crippen LogP contribution is 2.22. The number of nitro groups is 1. The molecular weight excluding hydrogens is 225 g/mol. The van der Waals surface area contributed by atoms with Crippen molar-refractivity contribution < 1.29 is 18.1 Å². The van der Waals surface area contributed by atoms with Crippen molar-refractivity contribution in [3.8, 4) is 0 Å². The van der Waals surface area contributed by atoms with E-state index in [-0.39, 0.29) is 12.1 Å². The Hall–Kier alpha value is -1.63. The number of non-ortho nitro benzene ring substituents is 1. The quantitative estimate of drug-likeness (QED) is 0.642. The molecular formula is C9H9F3N2O2. The molecule has 16 heavy (non-hydrogen) atoms. The Morgan fingerprint density at radius 2 is 1.81 bits per heavy atom. The molecule has 0 aliphatic heterocycles. The van der Waals surface area contributed by atoms with Gasteiger partial charge in [-0.3, -0.25) is 10.1 Å². The third-order valence-corrected chi connectivity index (χ3v) is 2.02. The van der Waals surface area contributed by atoms with E-state index in [4.69, 9.17) is 5.73 Å². The molecule has 0 saturated heterocycles. The van der Waals surface area contributed by atoms with E-state index in [0.717, 1.165) is 12.1 Å². The molecule has 0 spiro atoms. The van der Waals surface area contributed by atoms with Gasteiger partial charge >= 0.3 is 6.18 Å². The van der Waals surface area contributed by atoms with Crippen molar-refractivity contribution >= 4 is 5.69 Å². The predicted octanol–water partition coefficient (Wildman–Crippen LogP) is 2.03. The van der Waals surface area contributed by atoms with E-state index in [1.807, 2.05) is 0 Å². The SMILES string of the molecule is N[C@@H](Cc1ccc([N+](=O)[O-])cc1)C(F)(F)F. The minimum atomic E-state index is -4.46. The van der Waals surface area contributed by atoms with Crippen LogP contribution in [0.2, 0.25) is 0 Å². The molecule has 88 valence electrons. The second-order valence-corrected chi connectivity index (χ2v) is 3.28. The maximum Gasteiger partial charge on any atom is 0.403 e. The summed E-state index contributed by atoms with van der Waals surface area (Å²) in [5.74, 6) is 0. The van der Waals surface area contributed by atoms with E-state index in [0.29, 0.717) is 5.56 Å². The third-order valence-electron chi connectivity index (χ3n) is 2.02. The van der Waals surface area contributed by atoms with Gasteiger partial charge in [0.25, 0.3) is 5.69 Å². The number of hydrogen-bond acceptors (Lipinski definition) is 3. The molecule has 2 N–H and O–H groups in total. The first kappa shape index (κ1) is 12.4. The standard InChI is InChI=1S/C9H9F3N2O2/c10-9(11,12)8(13)5-6-1-3-7(4-2-6)14(15)16/h1-4,8H,5,13H2/t8-/m0/s1. The normalized spacial score (nSPS) is 13.5. The molecule has 0 aromatic heterocycles. The van der Waals surface area contributed by atoms with E-state index < -0.39 is 17.1 Å². The first-order chi connectivity index (χ1) is 7.30. The number of alkyl halides is 3. The van der Waals surface area contributed by atoms with Crippen molar-refractivity contribution in [2.24, 2.45) is 5.73 Å². The largest absolute Gasteiger partial charge is 0.403 e. The van der Waals surface area contributed by atoms with Gasteiger partial charge in [0.15, 0.2) is 0 Å². The molecule has 0 bridgehead atoms. The van der Waals surface area contributed by atoms with Gasteiger partial charge in [0.05, 0.1) is 4.92 Å². The molecule has 0 aliphatic carbocycles. The number of rotatable bonds is 3. The summed E-state index contributed by atoms with van der Waals surface area (Å²) < 4.78 is 36.3. The number of halogens is 3. The Morgan fingerprint density at radius 1 is 1.31 bits per heavy atom. The van der Waals surface area contributed by atoms with E-state index in [2.05, 4.69) is 0 Å². The number of nitro benzene ring substituents is 1. The first-order valence-corrected chi connectivity index (χ1v) is 4.36. The Balaban J connectivity index is 2.73. The zero-order valence-electron chi connectivity index (χ0n) is 8.07. The van der Waals surface area contributed by atoms with Gasteiger partial charge in [-0.1, -0.05) is 12.1 Å². The topological polar surface area (TPSA) is 69.2 Å². The van der Waals surface area contributed by atoms with Crippen LogP contribution in [-0.2, 0) is 6.42 Å². The molecule has 1 rings (SSSR count). The monoisotopic (exact) mass is 234 g/mol. The van der Waals surface area contributed by atoms with Crippen molar-refractivity contribution in [1.29, 1.82) is 0 Å². The van der Waals surface area contributed by atoms with Crippen LogP contribution < -0.4 is 5.73 Å². The zero-order chi connectivity index (χ0) is 12.3. The summed E-state index contributed by atoms with van der Waals surface area (Å²) in [5, 5.41) is 10.3. The Labute approximate surface area is 89.0 Å². The molecule has 0 heterocycles. The van der Waals surface area contributed by atoms with Gasteiger partial charge in [-0.25, -0.2) is 0 Å². The lowest BCUT2D eigenvalue weighted by atomic mass is 10.1. The van der Waals surface area contributed by atoms with Gasteiger partial charge < -0.3 is 5.73 Å². The van der Waals surface area contributed by atoms with Crippen molar-refractivity contribution in [1.82, 2.24) is 0 Å². The zero-order valence-corrected chi connectivity index (χ0v) is 8.07. The maximum absolute atomic E-state index is 12.1. The smallest absolute Gasteiger partial charge is 0.320 e. The minimum Gasteiger partial charge on any atom is -0.320 e. The van der Waals surface area contributed by atoms with Crippen LogP contribution in [0.4, 0.5) is 18.9 Å². The van der Waals surface area contributed by atoms with Crippen molar-refractivity contribution in [2.45, 2.75) is 18.6 Å². The highest BCUT2D eigenvalue weighted by Gasteiger charge is 2.36. The highest BCUT2D eigenvalue weighted by molar-refractivity contribution is 5.33. The van der Waals surface area contributed by atoms with Crippen LogP contribution >= 0.6 is 0 Å². The van der Waals surface area contributed by atoms with Gasteiger partial charge in [-0.15, -0.1) is 0 Å². The fourth-order valence-corrected chi connectivity index (χ4v) is 1.12. The van der Waals surface area contributed by atoms with Crippen LogP contribution in [0.15, 0.2) is 24.3 Å². The molecule has 1 aromatic rings. The molecule has 0 fully saturated rings. The highest BCUT2D eigenvalue weighted by atomic mass is 19.4. The number of benzene rings is 1. The molecule has 0 aliphatic rings. The van der Waals surface area contributed by atoms with E-state index in [1.54, 1.807) is 0 Å². The van der Waals surface area contributed by atoms with Crippen LogP contribution in [0.25, 0.3) is 0 Å². The molecule has 0 radical (unpaired) electrons. The van der Waals surface area contributed by atoms with Crippen LogP contribution in [0.3, 0.4) is 0 Å². The Kier molecular flexibility index (Phi) is 3.48. The molecule has 0 amide bonds. The fraction of sp³-hybridized carbons (Fsp3) is 0.333. The van der Waals surface area contributed by atoms with Gasteiger partial charge in [0.2, 0.25) is 0 Å². The summed E-state index contributed by atoms with van der Waals surface area (Å²) in [5.41, 5.74) is 5.07. The molecule has 1 atom stereocenters. The van der Waals surface area contributed by atoms with Crippen LogP contribution in [0.1, 0.15) is 5.56 Å². The number of nitrogens with two attached hydrogens (primary N) is 1. The second kappa shape index (κ2) is 4.48. The molecule has 1 aromatic carbocycles. The van der Waals surface area contributed by atoms with Gasteiger partial charge in [0.1, 0.15) is 6.04 Å². The molecule has 0 unspecified atom stereocenters. The van der Waals surface area contributed by atoms with Crippen molar-refractivity contribution in [2.75, 3.05) is 0 Å². The lowest BCUT2D eigenvalue weighted by molar-refractivity contribution is -0.384. The Morgan fingerprint density at radius 3 is 2.19 bits per heavy atom. The Bertz CT molecular complexity index is 375. The van der Waals surface area contributed by atoms with E-state index >= 15 is 0 Å². The average molecular weight is 234 g/mol. The maximum atomic E-state index is 12.1. The van der Waals surface area contributed by atoms with Gasteiger partial charge in [-0.2, -0.15) is 13.2 Å². The molecule has 4 nitrogen and oxygen atoms in total.